The fourth-order valence-electron chi connectivity index (χ4n) is 0. The molecule has 24 heavy (non-hydrogen) atoms. The second kappa shape index (κ2) is 61.8. The number of hydrogen-bond donors (Lipinski definition) is 5. The van der Waals surface area contributed by atoms with E-state index in [0.717, 1.165) is 5.71 Å². The summed E-state index contributed by atoms with van der Waals surface area (Å²) in [6.07, 6.45) is 0. The molecule has 0 amide bonds. The molecule has 0 spiro atoms. The van der Waals surface area contributed by atoms with Crippen molar-refractivity contribution >= 4 is 18.1 Å². The molecule has 0 aromatic heterocycles. The zero-order valence-corrected chi connectivity index (χ0v) is 14.6. The first-order valence-electron chi connectivity index (χ1n) is 5.61. The maximum absolute atomic E-state index is 7.73. The van der Waals surface area contributed by atoms with Gasteiger partial charge in [-0.3, -0.25) is 0 Å². The van der Waals surface area contributed by atoms with Crippen LogP contribution in [0.4, 0.5) is 0 Å². The Kier molecular flexibility index (Phi) is 94.7. The van der Waals surface area contributed by atoms with Gasteiger partial charge in [0.1, 0.15) is 17.7 Å². The van der Waals surface area contributed by atoms with Gasteiger partial charge >= 0.3 is 15.9 Å². The van der Waals surface area contributed by atoms with Crippen LogP contribution in [0.3, 0.4) is 0 Å². The lowest BCUT2D eigenvalue weighted by atomic mass is 10.5. The first kappa shape index (κ1) is 36.8. The predicted octanol–water partition coefficient (Wildman–Crippen LogP) is 1.70. The maximum Gasteiger partial charge on any atom is 0.454 e. The molecule has 15 nitrogen and oxygen atoms in total. The average Bonchev–Trinajstić information content (AvgIpc) is 2.57. The molecular weight excluding hydrogens is 320 g/mol. The number of diazo groups is 2. The van der Waals surface area contributed by atoms with E-state index < -0.39 is 0 Å². The molecule has 132 valence electrons. The van der Waals surface area contributed by atoms with Crippen molar-refractivity contribution < 1.29 is 19.6 Å². The highest BCUT2D eigenvalue weighted by Crippen LogP contribution is 1.52. The summed E-state index contributed by atoms with van der Waals surface area (Å²) in [5, 5.41) is 27.9. The molecule has 0 saturated carbocycles. The van der Waals surface area contributed by atoms with Crippen LogP contribution in [0.25, 0.3) is 15.8 Å². The zero-order valence-electron chi connectivity index (χ0n) is 14.6. The summed E-state index contributed by atoms with van der Waals surface area (Å²) in [7, 11) is 2.97. The number of nitrogens with zero attached hydrogens (tertiary/aromatic N) is 10. The van der Waals surface area contributed by atoms with Crippen molar-refractivity contribution in [2.45, 2.75) is 27.7 Å². The predicted molar refractivity (Wildman–Crippen MR) is 83.6 cm³/mol. The van der Waals surface area contributed by atoms with Crippen LogP contribution >= 0.6 is 0 Å². The second-order valence-corrected chi connectivity index (χ2v) is 2.98. The second-order valence-electron chi connectivity index (χ2n) is 2.98. The van der Waals surface area contributed by atoms with E-state index in [0.29, 0.717) is 5.71 Å². The summed E-state index contributed by atoms with van der Waals surface area (Å²) in [5.41, 5.74) is 29.2. The van der Waals surface area contributed by atoms with Crippen molar-refractivity contribution in [3.63, 3.8) is 0 Å². The van der Waals surface area contributed by atoms with Gasteiger partial charge in [0, 0.05) is 37.3 Å². The van der Waals surface area contributed by atoms with Crippen molar-refractivity contribution in [3.8, 4) is 0 Å². The molecule has 0 saturated heterocycles. The summed E-state index contributed by atoms with van der Waals surface area (Å²) >= 11 is 0. The molecule has 0 rings (SSSR count). The van der Waals surface area contributed by atoms with Crippen molar-refractivity contribution in [1.29, 1.82) is 27.4 Å². The summed E-state index contributed by atoms with van der Waals surface area (Å²) < 4.78 is 0. The molecule has 5 N–H and O–H groups in total. The average molecular weight is 345 g/mol. The molecule has 15 heteroatoms. The Morgan fingerprint density at radius 3 is 1.29 bits per heavy atom. The van der Waals surface area contributed by atoms with Crippen LogP contribution in [0.15, 0.2) is 5.11 Å². The van der Waals surface area contributed by atoms with Crippen LogP contribution in [0.5, 0.6) is 0 Å². The van der Waals surface area contributed by atoms with Gasteiger partial charge in [-0.1, -0.05) is 0 Å². The van der Waals surface area contributed by atoms with Crippen molar-refractivity contribution in [2.24, 2.45) is 5.11 Å². The van der Waals surface area contributed by atoms with Gasteiger partial charge in [0.15, 0.2) is 0 Å². The molecule has 0 aromatic rings. The van der Waals surface area contributed by atoms with Gasteiger partial charge in [0.2, 0.25) is 4.91 Å². The summed E-state index contributed by atoms with van der Waals surface area (Å²) in [6.45, 7) is 9.79. The molecule has 0 atom stereocenters. The Bertz CT molecular complexity index is 485. The normalized spacial score (nSPS) is 4.50. The lowest BCUT2D eigenvalue weighted by Crippen LogP contribution is -1.84. The van der Waals surface area contributed by atoms with Crippen LogP contribution in [0.1, 0.15) is 27.7 Å². The van der Waals surface area contributed by atoms with Gasteiger partial charge in [-0.25, -0.2) is 0 Å². The van der Waals surface area contributed by atoms with Gasteiger partial charge in [-0.2, -0.15) is 4.79 Å². The lowest BCUT2D eigenvalue weighted by Gasteiger charge is -1.54. The Morgan fingerprint density at radius 2 is 1.29 bits per heavy atom. The summed E-state index contributed by atoms with van der Waals surface area (Å²) in [6, 6.07) is 0. The monoisotopic (exact) mass is 345 g/mol. The standard InChI is InChI=1S/C3H7N2.C3H6N2.2CH4N3.CH3N2.N2O/c2*1-3(2)5-4;2*1-3-4-2;1-3-2;1-2-3/h4H,1-2H3;1-2H3;3H,1H3;2H,1H3;2H,1H2;/q+1;;3*+1;/p+1. The van der Waals surface area contributed by atoms with E-state index in [4.69, 9.17) is 38.1 Å². The molecule has 0 heterocycles. The fourth-order valence-corrected chi connectivity index (χ4v) is 0. The molecule has 0 unspecified atom stereocenters. The quantitative estimate of drug-likeness (QED) is 0.144. The van der Waals surface area contributed by atoms with E-state index in [1.807, 2.05) is 0 Å². The van der Waals surface area contributed by atoms with Crippen LogP contribution in [0.2, 0.25) is 0 Å². The van der Waals surface area contributed by atoms with Crippen LogP contribution in [-0.2, 0) is 0 Å². The van der Waals surface area contributed by atoms with Crippen molar-refractivity contribution in [2.75, 3.05) is 14.1 Å². The Labute approximate surface area is 139 Å². The highest BCUT2D eigenvalue weighted by molar-refractivity contribution is 5.73. The van der Waals surface area contributed by atoms with E-state index in [1.54, 1.807) is 27.7 Å². The first-order valence-corrected chi connectivity index (χ1v) is 5.61. The molecule has 0 aromatic carbocycles. The summed E-state index contributed by atoms with van der Waals surface area (Å²) in [4.78, 5) is 11.0. The van der Waals surface area contributed by atoms with E-state index in [9.17, 15) is 0 Å². The van der Waals surface area contributed by atoms with E-state index >= 15 is 0 Å². The maximum atomic E-state index is 7.73. The minimum absolute atomic E-state index is 0.685. The topological polar surface area (TPSA) is 251 Å². The third-order valence-corrected chi connectivity index (χ3v) is 0.624. The smallest absolute Gasteiger partial charge is 0.362 e. The first-order chi connectivity index (χ1) is 11.2. The van der Waals surface area contributed by atoms with Gasteiger partial charge < -0.3 is 5.53 Å². The van der Waals surface area contributed by atoms with Gasteiger partial charge in [-0.05, 0) is 5.43 Å². The highest BCUT2D eigenvalue weighted by Gasteiger charge is 1.80. The van der Waals surface area contributed by atoms with E-state index in [-0.39, 0.29) is 0 Å². The van der Waals surface area contributed by atoms with Crippen molar-refractivity contribution in [1.82, 2.24) is 10.3 Å². The molecular formula is C9H25N14O+5. The highest BCUT2D eigenvalue weighted by atomic mass is 16.4. The number of nitrogens with one attached hydrogen (secondary N) is 4. The van der Waals surface area contributed by atoms with Crippen molar-refractivity contribution in [3.05, 3.63) is 15.8 Å². The minimum Gasteiger partial charge on any atom is -0.362 e. The van der Waals surface area contributed by atoms with Gasteiger partial charge in [0.05, 0.1) is 18.1 Å². The van der Waals surface area contributed by atoms with Gasteiger partial charge in [-0.15, -0.1) is 5.21 Å². The van der Waals surface area contributed by atoms with Crippen LogP contribution in [-0.4, -0.2) is 51.8 Å². The Hall–Kier alpha value is -4.11. The van der Waals surface area contributed by atoms with Crippen LogP contribution < -0.4 is 10.3 Å². The number of rotatable bonds is 0. The molecule has 0 fully saturated rings. The summed E-state index contributed by atoms with van der Waals surface area (Å²) in [5.74, 6) is 0. The third-order valence-electron chi connectivity index (χ3n) is 0.624. The molecule has 0 aliphatic rings. The largest absolute Gasteiger partial charge is 0.454 e. The Balaban J connectivity index is -0.0000000410. The molecule has 0 bridgehead atoms. The van der Waals surface area contributed by atoms with Gasteiger partial charge in [0.25, 0.3) is 23.2 Å². The molecule has 0 radical (unpaired) electrons. The minimum atomic E-state index is 0.685. The molecule has 0 aliphatic carbocycles. The SMILES string of the molecule is C=[N+]=N.CC(C)=[N+]=N.CC(C)=[N+]=[N-].CN=[N+]=N.CN[N+]#N.N#[N+]O. The fraction of sp³-hybridized carbons (Fsp3) is 0.667. The Morgan fingerprint density at radius 1 is 1.12 bits per heavy atom. The zero-order chi connectivity index (χ0) is 20.8. The third kappa shape index (κ3) is 1430. The van der Waals surface area contributed by atoms with Crippen LogP contribution in [0, 0.1) is 27.4 Å². The number of hydrogen-bond acceptors (Lipinski definition) is 8. The van der Waals surface area contributed by atoms with E-state index in [2.05, 4.69) is 41.6 Å². The molecule has 0 aliphatic heterocycles. The van der Waals surface area contributed by atoms with E-state index in [1.165, 1.54) is 19.2 Å². The lowest BCUT2D eigenvalue weighted by molar-refractivity contribution is -0.120.